The molecule has 2 bridgehead atoms. The summed E-state index contributed by atoms with van der Waals surface area (Å²) in [5, 5.41) is 9.87. The molecule has 2 aromatic heterocycles. The topological polar surface area (TPSA) is 96.3 Å². The van der Waals surface area contributed by atoms with Crippen LogP contribution in [0.15, 0.2) is 22.9 Å². The molecule has 23 heavy (non-hydrogen) atoms. The van der Waals surface area contributed by atoms with E-state index in [4.69, 9.17) is 4.42 Å². The Balaban J connectivity index is 1.55. The van der Waals surface area contributed by atoms with Gasteiger partial charge in [-0.05, 0) is 24.8 Å². The van der Waals surface area contributed by atoms with Gasteiger partial charge < -0.3 is 20.4 Å². The zero-order chi connectivity index (χ0) is 16.0. The van der Waals surface area contributed by atoms with Gasteiger partial charge in [0.25, 0.3) is 5.91 Å². The lowest BCUT2D eigenvalue weighted by atomic mass is 10.0. The molecule has 2 amide bonds. The first-order valence-electron chi connectivity index (χ1n) is 7.79. The number of amides is 2. The quantitative estimate of drug-likeness (QED) is 0.793. The van der Waals surface area contributed by atoms with Gasteiger partial charge in [0, 0.05) is 30.9 Å². The summed E-state index contributed by atoms with van der Waals surface area (Å²) in [4.78, 5) is 27.9. The Bertz CT molecular complexity index is 785. The number of carbonyl (C=O) groups is 2. The van der Waals surface area contributed by atoms with Crippen LogP contribution in [0.3, 0.4) is 0 Å². The number of carbonyl (C=O) groups excluding carboxylic acids is 2. The van der Waals surface area contributed by atoms with Gasteiger partial charge in [-0.15, -0.1) is 0 Å². The van der Waals surface area contributed by atoms with Crippen molar-refractivity contribution in [1.82, 2.24) is 15.6 Å². The minimum Gasteiger partial charge on any atom is -0.460 e. The number of hydrogen-bond acceptors (Lipinski definition) is 5. The summed E-state index contributed by atoms with van der Waals surface area (Å²) in [5.41, 5.74) is 1.42. The van der Waals surface area contributed by atoms with Crippen molar-refractivity contribution in [2.45, 2.75) is 31.8 Å². The molecule has 1 aliphatic carbocycles. The summed E-state index contributed by atoms with van der Waals surface area (Å²) in [6.45, 7) is 2.40. The van der Waals surface area contributed by atoms with E-state index in [1.165, 1.54) is 19.4 Å². The first kappa shape index (κ1) is 14.2. The zero-order valence-corrected chi connectivity index (χ0v) is 12.8. The van der Waals surface area contributed by atoms with Gasteiger partial charge in [-0.3, -0.25) is 9.59 Å². The molecule has 3 heterocycles. The number of furan rings is 1. The molecule has 3 unspecified atom stereocenters. The average molecular weight is 314 g/mol. The minimum atomic E-state index is -0.190. The van der Waals surface area contributed by atoms with Crippen LogP contribution in [0.5, 0.6) is 0 Å². The molecule has 120 valence electrons. The highest BCUT2D eigenvalue weighted by molar-refractivity contribution is 6.02. The normalized spacial score (nSPS) is 25.7. The lowest BCUT2D eigenvalue weighted by Crippen LogP contribution is -2.44. The Labute approximate surface area is 132 Å². The van der Waals surface area contributed by atoms with Crippen molar-refractivity contribution in [3.63, 3.8) is 0 Å². The second-order valence-corrected chi connectivity index (χ2v) is 6.31. The fourth-order valence-electron chi connectivity index (χ4n) is 3.60. The van der Waals surface area contributed by atoms with Crippen molar-refractivity contribution in [2.75, 3.05) is 11.9 Å². The van der Waals surface area contributed by atoms with E-state index in [0.29, 0.717) is 34.3 Å². The summed E-state index contributed by atoms with van der Waals surface area (Å²) < 4.78 is 5.34. The fourth-order valence-corrected chi connectivity index (χ4v) is 3.60. The molecule has 7 heteroatoms. The number of pyridine rings is 1. The van der Waals surface area contributed by atoms with Gasteiger partial charge in [-0.2, -0.15) is 0 Å². The number of nitrogens with one attached hydrogen (secondary N) is 3. The molecule has 3 atom stereocenters. The largest absolute Gasteiger partial charge is 0.460 e. The van der Waals surface area contributed by atoms with Crippen molar-refractivity contribution in [3.8, 4) is 0 Å². The Morgan fingerprint density at radius 2 is 2.26 bits per heavy atom. The maximum absolute atomic E-state index is 12.5. The third-order valence-electron chi connectivity index (χ3n) is 4.68. The van der Waals surface area contributed by atoms with Crippen LogP contribution in [0, 0.1) is 5.92 Å². The highest BCUT2D eigenvalue weighted by Crippen LogP contribution is 2.31. The minimum absolute atomic E-state index is 0.181. The number of piperidine rings is 1. The van der Waals surface area contributed by atoms with Crippen molar-refractivity contribution in [3.05, 3.63) is 24.2 Å². The van der Waals surface area contributed by atoms with Gasteiger partial charge in [0.1, 0.15) is 12.0 Å². The Hall–Kier alpha value is -2.41. The van der Waals surface area contributed by atoms with Gasteiger partial charge in [-0.1, -0.05) is 0 Å². The molecule has 3 N–H and O–H groups in total. The summed E-state index contributed by atoms with van der Waals surface area (Å²) >= 11 is 0. The standard InChI is InChI=1S/C16H18N4O3/c1-8(21)19-14-7-23-15-6-18-13(4-11(14)15)16(22)20-12-3-10-2-9(12)5-17-10/h4,6-7,9-10,12,17H,2-3,5H2,1H3,(H,19,21)(H,20,22). The molecular weight excluding hydrogens is 296 g/mol. The van der Waals surface area contributed by atoms with Gasteiger partial charge in [0.2, 0.25) is 5.91 Å². The Kier molecular flexibility index (Phi) is 3.30. The van der Waals surface area contributed by atoms with Crippen molar-refractivity contribution < 1.29 is 14.0 Å². The lowest BCUT2D eigenvalue weighted by molar-refractivity contribution is -0.114. The van der Waals surface area contributed by atoms with Gasteiger partial charge in [-0.25, -0.2) is 4.98 Å². The zero-order valence-electron chi connectivity index (χ0n) is 12.8. The van der Waals surface area contributed by atoms with Crippen molar-refractivity contribution >= 4 is 28.5 Å². The number of hydrogen-bond donors (Lipinski definition) is 3. The molecule has 2 aliphatic rings. The van der Waals surface area contributed by atoms with Crippen LogP contribution in [0.4, 0.5) is 5.69 Å². The molecule has 2 fully saturated rings. The summed E-state index contributed by atoms with van der Waals surface area (Å²) in [7, 11) is 0. The number of fused-ring (bicyclic) bond motifs is 3. The Morgan fingerprint density at radius 1 is 1.39 bits per heavy atom. The molecule has 4 rings (SSSR count). The lowest BCUT2D eigenvalue weighted by Gasteiger charge is -2.23. The Morgan fingerprint density at radius 3 is 2.96 bits per heavy atom. The van der Waals surface area contributed by atoms with E-state index in [9.17, 15) is 9.59 Å². The highest BCUT2D eigenvalue weighted by atomic mass is 16.3. The highest BCUT2D eigenvalue weighted by Gasteiger charge is 2.40. The van der Waals surface area contributed by atoms with Crippen LogP contribution < -0.4 is 16.0 Å². The first-order chi connectivity index (χ1) is 11.1. The first-order valence-corrected chi connectivity index (χ1v) is 7.79. The molecule has 1 saturated carbocycles. The maximum Gasteiger partial charge on any atom is 0.270 e. The van der Waals surface area contributed by atoms with E-state index in [-0.39, 0.29) is 17.9 Å². The van der Waals surface area contributed by atoms with E-state index >= 15 is 0 Å². The van der Waals surface area contributed by atoms with Crippen LogP contribution >= 0.6 is 0 Å². The summed E-state index contributed by atoms with van der Waals surface area (Å²) in [6.07, 6.45) is 5.07. The van der Waals surface area contributed by atoms with Crippen LogP contribution in [-0.4, -0.2) is 35.4 Å². The predicted molar refractivity (Wildman–Crippen MR) is 84.1 cm³/mol. The van der Waals surface area contributed by atoms with Crippen molar-refractivity contribution in [1.29, 1.82) is 0 Å². The van der Waals surface area contributed by atoms with Gasteiger partial charge in [0.05, 0.1) is 11.9 Å². The van der Waals surface area contributed by atoms with E-state index in [1.807, 2.05) is 0 Å². The summed E-state index contributed by atoms with van der Waals surface area (Å²) in [5.74, 6) is 0.140. The van der Waals surface area contributed by atoms with E-state index in [0.717, 1.165) is 19.4 Å². The molecule has 1 saturated heterocycles. The van der Waals surface area contributed by atoms with E-state index < -0.39 is 0 Å². The molecule has 0 radical (unpaired) electrons. The number of aromatic nitrogens is 1. The average Bonchev–Trinajstić information content (AvgIpc) is 3.22. The number of rotatable bonds is 3. The second-order valence-electron chi connectivity index (χ2n) is 6.31. The van der Waals surface area contributed by atoms with Crippen LogP contribution in [0.1, 0.15) is 30.3 Å². The molecule has 7 nitrogen and oxygen atoms in total. The number of anilines is 1. The third kappa shape index (κ3) is 2.57. The van der Waals surface area contributed by atoms with E-state index in [1.54, 1.807) is 6.07 Å². The fraction of sp³-hybridized carbons (Fsp3) is 0.438. The molecule has 0 aromatic carbocycles. The summed E-state index contributed by atoms with van der Waals surface area (Å²) in [6, 6.07) is 2.40. The maximum atomic E-state index is 12.5. The monoisotopic (exact) mass is 314 g/mol. The molecular formula is C16H18N4O3. The van der Waals surface area contributed by atoms with Crippen molar-refractivity contribution in [2.24, 2.45) is 5.92 Å². The van der Waals surface area contributed by atoms with Crippen LogP contribution in [0.25, 0.3) is 11.0 Å². The third-order valence-corrected chi connectivity index (χ3v) is 4.68. The smallest absolute Gasteiger partial charge is 0.270 e. The molecule has 2 aromatic rings. The SMILES string of the molecule is CC(=O)Nc1coc2cnc(C(=O)NC3CC4CC3CN4)cc12. The second kappa shape index (κ2) is 5.34. The predicted octanol–water partition coefficient (Wildman–Crippen LogP) is 1.27. The molecule has 1 aliphatic heterocycles. The van der Waals surface area contributed by atoms with Crippen LogP contribution in [0.2, 0.25) is 0 Å². The van der Waals surface area contributed by atoms with Gasteiger partial charge >= 0.3 is 0 Å². The number of nitrogens with zero attached hydrogens (tertiary/aromatic N) is 1. The van der Waals surface area contributed by atoms with E-state index in [2.05, 4.69) is 20.9 Å². The van der Waals surface area contributed by atoms with Gasteiger partial charge in [0.15, 0.2) is 5.58 Å². The molecule has 0 spiro atoms. The van der Waals surface area contributed by atoms with Crippen LogP contribution in [-0.2, 0) is 4.79 Å².